The Kier molecular flexibility index (Phi) is 3.87. The maximum Gasteiger partial charge on any atom is 0.276 e. The smallest absolute Gasteiger partial charge is 0.276 e. The highest BCUT2D eigenvalue weighted by Crippen LogP contribution is 2.27. The Morgan fingerprint density at radius 2 is 2.07 bits per heavy atom. The first-order valence-corrected chi connectivity index (χ1v) is 4.33. The van der Waals surface area contributed by atoms with Crippen LogP contribution in [0.2, 0.25) is 0 Å². The number of hydrogen-bond donors (Lipinski definition) is 1. The van der Waals surface area contributed by atoms with Gasteiger partial charge in [-0.15, -0.1) is 0 Å². The molecule has 2 N–H and O–H groups in total. The molecule has 0 fully saturated rings. The van der Waals surface area contributed by atoms with Crippen LogP contribution in [0.15, 0.2) is 18.2 Å². The van der Waals surface area contributed by atoms with Gasteiger partial charge < -0.3 is 15.2 Å². The standard InChI is InChI=1S/C9H12N2O4/c1-14-8-4-7(11(12)13)5-9(6-8)15-3-2-10/h4-6H,2-3,10H2,1H3. The number of benzene rings is 1. The summed E-state index contributed by atoms with van der Waals surface area (Å²) >= 11 is 0. The van der Waals surface area contributed by atoms with E-state index in [9.17, 15) is 10.1 Å². The van der Waals surface area contributed by atoms with Gasteiger partial charge >= 0.3 is 0 Å². The fourth-order valence-corrected chi connectivity index (χ4v) is 1.04. The summed E-state index contributed by atoms with van der Waals surface area (Å²) in [4.78, 5) is 10.1. The van der Waals surface area contributed by atoms with E-state index in [1.54, 1.807) is 6.07 Å². The van der Waals surface area contributed by atoms with Crippen molar-refractivity contribution in [3.05, 3.63) is 28.3 Å². The summed E-state index contributed by atoms with van der Waals surface area (Å²) in [5.41, 5.74) is 5.19. The van der Waals surface area contributed by atoms with Crippen molar-refractivity contribution in [2.45, 2.75) is 0 Å². The molecule has 6 heteroatoms. The van der Waals surface area contributed by atoms with Crippen molar-refractivity contribution < 1.29 is 14.4 Å². The van der Waals surface area contributed by atoms with Gasteiger partial charge in [-0.2, -0.15) is 0 Å². The molecule has 0 bridgehead atoms. The van der Waals surface area contributed by atoms with E-state index in [0.29, 0.717) is 24.7 Å². The average Bonchev–Trinajstić information content (AvgIpc) is 2.25. The molecule has 0 aliphatic rings. The molecule has 0 atom stereocenters. The SMILES string of the molecule is COc1cc(OCCN)cc([N+](=O)[O-])c1. The minimum absolute atomic E-state index is 0.0682. The molecule has 0 heterocycles. The molecule has 6 nitrogen and oxygen atoms in total. The first kappa shape index (κ1) is 11.3. The summed E-state index contributed by atoms with van der Waals surface area (Å²) in [6.45, 7) is 0.662. The van der Waals surface area contributed by atoms with Gasteiger partial charge in [0, 0.05) is 12.6 Å². The quantitative estimate of drug-likeness (QED) is 0.579. The number of ether oxygens (including phenoxy) is 2. The van der Waals surface area contributed by atoms with Crippen LogP contribution in [0.4, 0.5) is 5.69 Å². The van der Waals surface area contributed by atoms with E-state index in [2.05, 4.69) is 0 Å². The molecular formula is C9H12N2O4. The molecular weight excluding hydrogens is 200 g/mol. The first-order valence-electron chi connectivity index (χ1n) is 4.33. The Morgan fingerprint density at radius 3 is 2.60 bits per heavy atom. The fraction of sp³-hybridized carbons (Fsp3) is 0.333. The zero-order valence-electron chi connectivity index (χ0n) is 8.30. The summed E-state index contributed by atoms with van der Waals surface area (Å²) in [5, 5.41) is 10.6. The molecule has 82 valence electrons. The Labute approximate surface area is 86.7 Å². The summed E-state index contributed by atoms with van der Waals surface area (Å²) in [7, 11) is 1.44. The number of nitrogens with two attached hydrogens (primary N) is 1. The van der Waals surface area contributed by atoms with Crippen LogP contribution < -0.4 is 15.2 Å². The zero-order valence-corrected chi connectivity index (χ0v) is 8.30. The van der Waals surface area contributed by atoms with Crippen molar-refractivity contribution in [3.8, 4) is 11.5 Å². The average molecular weight is 212 g/mol. The minimum Gasteiger partial charge on any atom is -0.496 e. The van der Waals surface area contributed by atoms with E-state index >= 15 is 0 Å². The second-order valence-corrected chi connectivity index (χ2v) is 2.76. The maximum absolute atomic E-state index is 10.6. The topological polar surface area (TPSA) is 87.6 Å². The van der Waals surface area contributed by atoms with Crippen molar-refractivity contribution in [1.82, 2.24) is 0 Å². The number of nitro groups is 1. The molecule has 0 aliphatic carbocycles. The van der Waals surface area contributed by atoms with Crippen LogP contribution in [0, 0.1) is 10.1 Å². The van der Waals surface area contributed by atoms with Crippen molar-refractivity contribution in [2.75, 3.05) is 20.3 Å². The minimum atomic E-state index is -0.502. The van der Waals surface area contributed by atoms with Crippen molar-refractivity contribution >= 4 is 5.69 Å². The number of non-ortho nitro benzene ring substituents is 1. The fourth-order valence-electron chi connectivity index (χ4n) is 1.04. The Bertz CT molecular complexity index is 354. The largest absolute Gasteiger partial charge is 0.496 e. The summed E-state index contributed by atoms with van der Waals surface area (Å²) in [5.74, 6) is 0.766. The van der Waals surface area contributed by atoms with Gasteiger partial charge in [0.2, 0.25) is 0 Å². The lowest BCUT2D eigenvalue weighted by atomic mass is 10.3. The second kappa shape index (κ2) is 5.16. The predicted molar refractivity (Wildman–Crippen MR) is 54.2 cm³/mol. The highest BCUT2D eigenvalue weighted by molar-refractivity contribution is 5.45. The van der Waals surface area contributed by atoms with Crippen molar-refractivity contribution in [2.24, 2.45) is 5.73 Å². The third-order valence-corrected chi connectivity index (χ3v) is 1.70. The molecule has 0 aromatic heterocycles. The molecule has 15 heavy (non-hydrogen) atoms. The van der Waals surface area contributed by atoms with Crippen LogP contribution in [0.5, 0.6) is 11.5 Å². The van der Waals surface area contributed by atoms with Gasteiger partial charge in [0.25, 0.3) is 5.69 Å². The van der Waals surface area contributed by atoms with Crippen LogP contribution >= 0.6 is 0 Å². The van der Waals surface area contributed by atoms with Gasteiger partial charge in [-0.25, -0.2) is 0 Å². The number of hydrogen-bond acceptors (Lipinski definition) is 5. The molecule has 1 aromatic rings. The van der Waals surface area contributed by atoms with E-state index in [4.69, 9.17) is 15.2 Å². The van der Waals surface area contributed by atoms with Crippen molar-refractivity contribution in [1.29, 1.82) is 0 Å². The van der Waals surface area contributed by atoms with Crippen LogP contribution in [0.1, 0.15) is 0 Å². The number of methoxy groups -OCH3 is 1. The number of rotatable bonds is 5. The summed E-state index contributed by atoms with van der Waals surface area (Å²) < 4.78 is 10.1. The van der Waals surface area contributed by atoms with Gasteiger partial charge in [-0.1, -0.05) is 0 Å². The molecule has 0 spiro atoms. The van der Waals surface area contributed by atoms with Gasteiger partial charge in [0.15, 0.2) is 0 Å². The lowest BCUT2D eigenvalue weighted by Gasteiger charge is -2.06. The molecule has 0 unspecified atom stereocenters. The lowest BCUT2D eigenvalue weighted by molar-refractivity contribution is -0.385. The van der Waals surface area contributed by atoms with Gasteiger partial charge in [0.05, 0.1) is 24.2 Å². The number of nitro benzene ring substituents is 1. The summed E-state index contributed by atoms with van der Waals surface area (Å²) in [6.07, 6.45) is 0. The molecule has 0 saturated carbocycles. The van der Waals surface area contributed by atoms with Crippen LogP contribution in [-0.4, -0.2) is 25.2 Å². The third-order valence-electron chi connectivity index (χ3n) is 1.70. The zero-order chi connectivity index (χ0) is 11.3. The van der Waals surface area contributed by atoms with Crippen LogP contribution in [0.3, 0.4) is 0 Å². The van der Waals surface area contributed by atoms with E-state index < -0.39 is 4.92 Å². The lowest BCUT2D eigenvalue weighted by Crippen LogP contribution is -2.10. The Hall–Kier alpha value is -1.82. The molecule has 0 radical (unpaired) electrons. The Balaban J connectivity index is 2.95. The molecule has 1 rings (SSSR count). The van der Waals surface area contributed by atoms with Gasteiger partial charge in [-0.05, 0) is 0 Å². The highest BCUT2D eigenvalue weighted by Gasteiger charge is 2.10. The first-order chi connectivity index (χ1) is 7.17. The Morgan fingerprint density at radius 1 is 1.40 bits per heavy atom. The van der Waals surface area contributed by atoms with E-state index in [1.165, 1.54) is 19.2 Å². The summed E-state index contributed by atoms with van der Waals surface area (Å²) in [6, 6.07) is 4.23. The molecule has 1 aromatic carbocycles. The molecule has 0 amide bonds. The molecule has 0 aliphatic heterocycles. The van der Waals surface area contributed by atoms with Gasteiger partial charge in [0.1, 0.15) is 18.1 Å². The van der Waals surface area contributed by atoms with Crippen LogP contribution in [-0.2, 0) is 0 Å². The number of nitrogens with zero attached hydrogens (tertiary/aromatic N) is 1. The van der Waals surface area contributed by atoms with Crippen molar-refractivity contribution in [3.63, 3.8) is 0 Å². The van der Waals surface area contributed by atoms with Gasteiger partial charge in [-0.3, -0.25) is 10.1 Å². The second-order valence-electron chi connectivity index (χ2n) is 2.76. The monoisotopic (exact) mass is 212 g/mol. The maximum atomic E-state index is 10.6. The normalized spacial score (nSPS) is 9.73. The van der Waals surface area contributed by atoms with Crippen LogP contribution in [0.25, 0.3) is 0 Å². The highest BCUT2D eigenvalue weighted by atomic mass is 16.6. The van der Waals surface area contributed by atoms with E-state index in [1.807, 2.05) is 0 Å². The van der Waals surface area contributed by atoms with E-state index in [0.717, 1.165) is 0 Å². The van der Waals surface area contributed by atoms with E-state index in [-0.39, 0.29) is 5.69 Å². The predicted octanol–water partition coefficient (Wildman–Crippen LogP) is 0.941. The molecule has 0 saturated heterocycles. The third kappa shape index (κ3) is 3.10.